The molecule has 0 amide bonds. The van der Waals surface area contributed by atoms with E-state index in [4.69, 9.17) is 0 Å². The molecule has 0 atom stereocenters. The van der Waals surface area contributed by atoms with Crippen molar-refractivity contribution in [2.75, 3.05) is 0 Å². The van der Waals surface area contributed by atoms with E-state index in [1.165, 1.54) is 55.6 Å². The number of aryl methyl sites for hydroxylation is 8. The summed E-state index contributed by atoms with van der Waals surface area (Å²) < 4.78 is 0. The second-order valence-corrected chi connectivity index (χ2v) is 7.80. The number of hydrogen-bond acceptors (Lipinski definition) is 0. The summed E-state index contributed by atoms with van der Waals surface area (Å²) in [6.45, 7) is 13.2. The van der Waals surface area contributed by atoms with Gasteiger partial charge in [-0.3, -0.25) is 0 Å². The van der Waals surface area contributed by atoms with Crippen LogP contribution in [0.25, 0.3) is 11.1 Å². The fourth-order valence-corrected chi connectivity index (χ4v) is 3.60. The minimum Gasteiger partial charge on any atom is -0.0584 e. The Morgan fingerprint density at radius 2 is 0.923 bits per heavy atom. The van der Waals surface area contributed by atoms with Gasteiger partial charge in [-0.2, -0.15) is 0 Å². The first-order valence-corrected chi connectivity index (χ1v) is 9.59. The third-order valence-corrected chi connectivity index (χ3v) is 5.81. The van der Waals surface area contributed by atoms with Gasteiger partial charge in [-0.25, -0.2) is 0 Å². The summed E-state index contributed by atoms with van der Waals surface area (Å²) in [6, 6.07) is 18.4. The lowest BCUT2D eigenvalue weighted by Crippen LogP contribution is -1.99. The summed E-state index contributed by atoms with van der Waals surface area (Å²) in [6.07, 6.45) is 2.19. The highest BCUT2D eigenvalue weighted by Crippen LogP contribution is 2.26. The van der Waals surface area contributed by atoms with Gasteiger partial charge >= 0.3 is 0 Å². The van der Waals surface area contributed by atoms with Crippen molar-refractivity contribution in [1.82, 2.24) is 0 Å². The molecule has 0 aliphatic carbocycles. The average molecular weight is 343 g/mol. The Kier molecular flexibility index (Phi) is 5.32. The molecule has 0 aliphatic heterocycles. The monoisotopic (exact) mass is 342 g/mol. The minimum absolute atomic E-state index is 1.09. The van der Waals surface area contributed by atoms with Crippen LogP contribution in [-0.4, -0.2) is 0 Å². The van der Waals surface area contributed by atoms with Crippen LogP contribution < -0.4 is 0 Å². The minimum atomic E-state index is 1.09. The van der Waals surface area contributed by atoms with Gasteiger partial charge in [0.2, 0.25) is 0 Å². The van der Waals surface area contributed by atoms with E-state index in [0.717, 1.165) is 12.8 Å². The molecule has 26 heavy (non-hydrogen) atoms. The van der Waals surface area contributed by atoms with Crippen LogP contribution in [0.2, 0.25) is 0 Å². The third kappa shape index (κ3) is 3.90. The smallest absolute Gasteiger partial charge is 0.0181 e. The largest absolute Gasteiger partial charge is 0.0584 e. The van der Waals surface area contributed by atoms with Crippen molar-refractivity contribution in [1.29, 1.82) is 0 Å². The van der Waals surface area contributed by atoms with E-state index in [9.17, 15) is 0 Å². The predicted octanol–water partition coefficient (Wildman–Crippen LogP) is 6.99. The second-order valence-electron chi connectivity index (χ2n) is 7.80. The quantitative estimate of drug-likeness (QED) is 0.479. The number of benzene rings is 3. The Labute approximate surface area is 158 Å². The zero-order chi connectivity index (χ0) is 18.8. The topological polar surface area (TPSA) is 0 Å². The molecule has 0 aliphatic rings. The van der Waals surface area contributed by atoms with Gasteiger partial charge in [-0.15, -0.1) is 0 Å². The van der Waals surface area contributed by atoms with E-state index in [2.05, 4.69) is 90.1 Å². The molecule has 3 rings (SSSR count). The van der Waals surface area contributed by atoms with Crippen molar-refractivity contribution in [2.24, 2.45) is 0 Å². The molecular formula is C26H30. The lowest BCUT2D eigenvalue weighted by molar-refractivity contribution is 0.935. The van der Waals surface area contributed by atoms with Crippen molar-refractivity contribution in [3.8, 4) is 11.1 Å². The highest BCUT2D eigenvalue weighted by atomic mass is 14.1. The molecule has 0 saturated carbocycles. The van der Waals surface area contributed by atoms with Gasteiger partial charge in [-0.1, -0.05) is 48.5 Å². The van der Waals surface area contributed by atoms with Gasteiger partial charge in [0, 0.05) is 0 Å². The van der Waals surface area contributed by atoms with Crippen molar-refractivity contribution in [2.45, 2.75) is 54.4 Å². The van der Waals surface area contributed by atoms with Crippen molar-refractivity contribution < 1.29 is 0 Å². The first-order chi connectivity index (χ1) is 12.3. The SMILES string of the molecule is Cc1ccc(-c2ccc(C)c(CCc3cc(C)c(C)cc3C)c2)cc1C. The molecule has 0 nitrogen and oxygen atoms in total. The fraction of sp³-hybridized carbons (Fsp3) is 0.308. The summed E-state index contributed by atoms with van der Waals surface area (Å²) in [4.78, 5) is 0. The van der Waals surface area contributed by atoms with Gasteiger partial charge in [0.25, 0.3) is 0 Å². The van der Waals surface area contributed by atoms with Crippen molar-refractivity contribution >= 4 is 0 Å². The summed E-state index contributed by atoms with van der Waals surface area (Å²) in [5.41, 5.74) is 13.9. The van der Waals surface area contributed by atoms with Crippen LogP contribution in [0.1, 0.15) is 44.5 Å². The third-order valence-electron chi connectivity index (χ3n) is 5.81. The molecule has 0 aromatic heterocycles. The summed E-state index contributed by atoms with van der Waals surface area (Å²) in [5, 5.41) is 0. The summed E-state index contributed by atoms with van der Waals surface area (Å²) in [7, 11) is 0. The van der Waals surface area contributed by atoms with E-state index < -0.39 is 0 Å². The Morgan fingerprint density at radius 1 is 0.423 bits per heavy atom. The second kappa shape index (κ2) is 7.50. The molecule has 0 heteroatoms. The molecule has 0 bridgehead atoms. The van der Waals surface area contributed by atoms with Gasteiger partial charge in [0.05, 0.1) is 0 Å². The van der Waals surface area contributed by atoms with Crippen molar-refractivity contribution in [3.05, 3.63) is 93.0 Å². The van der Waals surface area contributed by atoms with Crippen LogP contribution in [-0.2, 0) is 12.8 Å². The standard InChI is InChI=1S/C26H30/c1-17-7-9-25(15-20(17)4)26-10-8-18(2)24(16-26)12-11-23-14-21(5)19(3)13-22(23)6/h7-10,13-16H,11-12H2,1-6H3. The molecule has 0 fully saturated rings. The fourth-order valence-electron chi connectivity index (χ4n) is 3.60. The number of hydrogen-bond donors (Lipinski definition) is 0. The maximum Gasteiger partial charge on any atom is -0.0181 e. The molecule has 0 heterocycles. The van der Waals surface area contributed by atoms with E-state index in [0.29, 0.717) is 0 Å². The molecule has 0 unspecified atom stereocenters. The predicted molar refractivity (Wildman–Crippen MR) is 114 cm³/mol. The zero-order valence-corrected chi connectivity index (χ0v) is 17.0. The van der Waals surface area contributed by atoms with Gasteiger partial charge in [-0.05, 0) is 110 Å². The van der Waals surface area contributed by atoms with Gasteiger partial charge in [0.15, 0.2) is 0 Å². The van der Waals surface area contributed by atoms with Crippen LogP contribution in [0.4, 0.5) is 0 Å². The molecule has 0 saturated heterocycles. The van der Waals surface area contributed by atoms with Crippen LogP contribution in [0.5, 0.6) is 0 Å². The Hall–Kier alpha value is -2.34. The molecule has 3 aromatic carbocycles. The lowest BCUT2D eigenvalue weighted by Gasteiger charge is -2.13. The molecule has 134 valence electrons. The highest BCUT2D eigenvalue weighted by molar-refractivity contribution is 5.66. The molecule has 0 radical (unpaired) electrons. The maximum absolute atomic E-state index is 2.38. The average Bonchev–Trinajstić information content (AvgIpc) is 2.60. The zero-order valence-electron chi connectivity index (χ0n) is 17.0. The lowest BCUT2D eigenvalue weighted by atomic mass is 9.92. The Balaban J connectivity index is 1.86. The molecule has 0 N–H and O–H groups in total. The molecular weight excluding hydrogens is 312 g/mol. The van der Waals surface area contributed by atoms with E-state index in [-0.39, 0.29) is 0 Å². The van der Waals surface area contributed by atoms with Crippen LogP contribution in [0.15, 0.2) is 48.5 Å². The summed E-state index contributed by atoms with van der Waals surface area (Å²) >= 11 is 0. The van der Waals surface area contributed by atoms with E-state index >= 15 is 0 Å². The van der Waals surface area contributed by atoms with Crippen LogP contribution >= 0.6 is 0 Å². The summed E-state index contributed by atoms with van der Waals surface area (Å²) in [5.74, 6) is 0. The first kappa shape index (κ1) is 18.5. The van der Waals surface area contributed by atoms with Crippen LogP contribution in [0.3, 0.4) is 0 Å². The molecule has 3 aromatic rings. The number of rotatable bonds is 4. The van der Waals surface area contributed by atoms with E-state index in [1.54, 1.807) is 0 Å². The Bertz CT molecular complexity index is 944. The maximum atomic E-state index is 2.38. The highest BCUT2D eigenvalue weighted by Gasteiger charge is 2.07. The van der Waals surface area contributed by atoms with E-state index in [1.807, 2.05) is 0 Å². The van der Waals surface area contributed by atoms with Gasteiger partial charge in [0.1, 0.15) is 0 Å². The Morgan fingerprint density at radius 3 is 1.58 bits per heavy atom. The van der Waals surface area contributed by atoms with Crippen LogP contribution in [0, 0.1) is 41.5 Å². The molecule has 0 spiro atoms. The van der Waals surface area contributed by atoms with Gasteiger partial charge < -0.3 is 0 Å². The first-order valence-electron chi connectivity index (χ1n) is 9.59. The van der Waals surface area contributed by atoms with Crippen molar-refractivity contribution in [3.63, 3.8) is 0 Å². The normalized spacial score (nSPS) is 11.0.